The zero-order valence-electron chi connectivity index (χ0n) is 11.6. The van der Waals surface area contributed by atoms with Crippen molar-refractivity contribution in [1.29, 1.82) is 0 Å². The van der Waals surface area contributed by atoms with Crippen LogP contribution >= 0.6 is 11.3 Å². The maximum atomic E-state index is 12.7. The summed E-state index contributed by atoms with van der Waals surface area (Å²) in [4.78, 5) is 19.0. The second-order valence-corrected chi connectivity index (χ2v) is 6.20. The summed E-state index contributed by atoms with van der Waals surface area (Å²) < 4.78 is 0. The molecule has 104 valence electrons. The van der Waals surface area contributed by atoms with Gasteiger partial charge in [-0.1, -0.05) is 18.2 Å². The quantitative estimate of drug-likeness (QED) is 0.845. The Morgan fingerprint density at radius 2 is 2.20 bits per heavy atom. The molecule has 0 atom stereocenters. The fraction of sp³-hybridized carbons (Fsp3) is 0.375. The van der Waals surface area contributed by atoms with E-state index in [0.29, 0.717) is 6.04 Å². The molecule has 1 aromatic carbocycles. The molecular weight excluding hydrogens is 268 g/mol. The first-order valence-electron chi connectivity index (χ1n) is 7.00. The van der Waals surface area contributed by atoms with Gasteiger partial charge in [0, 0.05) is 36.1 Å². The first-order chi connectivity index (χ1) is 9.75. The van der Waals surface area contributed by atoms with Crippen molar-refractivity contribution < 1.29 is 4.79 Å². The molecule has 4 heteroatoms. The van der Waals surface area contributed by atoms with E-state index in [0.717, 1.165) is 41.9 Å². The molecule has 0 spiro atoms. The third-order valence-corrected chi connectivity index (χ3v) is 4.51. The molecule has 1 aromatic heterocycles. The summed E-state index contributed by atoms with van der Waals surface area (Å²) in [5.74, 6) is 0.169. The lowest BCUT2D eigenvalue weighted by molar-refractivity contribution is 0.0744. The minimum atomic E-state index is 0.169. The van der Waals surface area contributed by atoms with E-state index in [1.54, 1.807) is 11.3 Å². The number of rotatable bonds is 5. The van der Waals surface area contributed by atoms with Crippen LogP contribution in [0.15, 0.2) is 35.8 Å². The van der Waals surface area contributed by atoms with Gasteiger partial charge in [-0.05, 0) is 31.4 Å². The number of nitrogens with zero attached hydrogens (tertiary/aromatic N) is 2. The number of aryl methyl sites for hydroxylation is 1. The summed E-state index contributed by atoms with van der Waals surface area (Å²) in [5, 5.41) is 3.09. The van der Waals surface area contributed by atoms with Crippen molar-refractivity contribution in [2.24, 2.45) is 0 Å². The van der Waals surface area contributed by atoms with Crippen molar-refractivity contribution in [2.75, 3.05) is 6.54 Å². The number of hydrogen-bond donors (Lipinski definition) is 0. The summed E-state index contributed by atoms with van der Waals surface area (Å²) in [6.07, 6.45) is 4.95. The van der Waals surface area contributed by atoms with Crippen LogP contribution in [0.3, 0.4) is 0 Å². The lowest BCUT2D eigenvalue weighted by atomic mass is 10.1. The molecule has 1 heterocycles. The molecule has 0 bridgehead atoms. The van der Waals surface area contributed by atoms with Crippen LogP contribution in [0.1, 0.15) is 33.8 Å². The average molecular weight is 286 g/mol. The van der Waals surface area contributed by atoms with Gasteiger partial charge in [0.05, 0.1) is 5.01 Å². The molecule has 1 fully saturated rings. The summed E-state index contributed by atoms with van der Waals surface area (Å²) >= 11 is 1.66. The fourth-order valence-corrected chi connectivity index (χ4v) is 3.01. The Hall–Kier alpha value is -1.68. The summed E-state index contributed by atoms with van der Waals surface area (Å²) in [6.45, 7) is 2.77. The molecule has 0 radical (unpaired) electrons. The van der Waals surface area contributed by atoms with Crippen LogP contribution < -0.4 is 0 Å². The van der Waals surface area contributed by atoms with Crippen LogP contribution in [0.4, 0.5) is 0 Å². The van der Waals surface area contributed by atoms with Gasteiger partial charge < -0.3 is 4.90 Å². The number of carbonyl (C=O) groups is 1. The van der Waals surface area contributed by atoms with E-state index in [-0.39, 0.29) is 5.91 Å². The SMILES string of the molecule is Cc1ccccc1C(=O)N(CCc1nccs1)C1CC1. The molecule has 0 unspecified atom stereocenters. The van der Waals surface area contributed by atoms with E-state index in [9.17, 15) is 4.79 Å². The van der Waals surface area contributed by atoms with Crippen LogP contribution in [0, 0.1) is 6.92 Å². The van der Waals surface area contributed by atoms with Gasteiger partial charge in [0.2, 0.25) is 0 Å². The average Bonchev–Trinajstić information content (AvgIpc) is 3.15. The van der Waals surface area contributed by atoms with Crippen molar-refractivity contribution in [2.45, 2.75) is 32.2 Å². The molecule has 1 aliphatic carbocycles. The monoisotopic (exact) mass is 286 g/mol. The van der Waals surface area contributed by atoms with E-state index in [2.05, 4.69) is 4.98 Å². The smallest absolute Gasteiger partial charge is 0.254 e. The van der Waals surface area contributed by atoms with E-state index in [1.807, 2.05) is 47.7 Å². The Morgan fingerprint density at radius 3 is 2.85 bits per heavy atom. The zero-order chi connectivity index (χ0) is 13.9. The highest BCUT2D eigenvalue weighted by molar-refractivity contribution is 7.09. The lowest BCUT2D eigenvalue weighted by Gasteiger charge is -2.23. The van der Waals surface area contributed by atoms with E-state index >= 15 is 0 Å². The summed E-state index contributed by atoms with van der Waals surface area (Å²) in [7, 11) is 0. The Kier molecular flexibility index (Phi) is 3.83. The number of amides is 1. The standard InChI is InChI=1S/C16H18N2OS/c1-12-4-2-3-5-14(12)16(19)18(13-6-7-13)10-8-15-17-9-11-20-15/h2-5,9,11,13H,6-8,10H2,1H3. The fourth-order valence-electron chi connectivity index (χ4n) is 2.40. The number of benzene rings is 1. The van der Waals surface area contributed by atoms with Gasteiger partial charge in [0.15, 0.2) is 0 Å². The van der Waals surface area contributed by atoms with Gasteiger partial charge in [0.25, 0.3) is 5.91 Å². The molecule has 0 saturated heterocycles. The number of thiazole rings is 1. The van der Waals surface area contributed by atoms with Gasteiger partial charge in [-0.2, -0.15) is 0 Å². The van der Waals surface area contributed by atoms with Crippen LogP contribution in [-0.4, -0.2) is 28.4 Å². The molecule has 1 amide bonds. The number of hydrogen-bond acceptors (Lipinski definition) is 3. The van der Waals surface area contributed by atoms with Crippen LogP contribution in [0.5, 0.6) is 0 Å². The van der Waals surface area contributed by atoms with Crippen molar-refractivity contribution >= 4 is 17.2 Å². The maximum Gasteiger partial charge on any atom is 0.254 e. The van der Waals surface area contributed by atoms with Crippen molar-refractivity contribution in [3.05, 3.63) is 52.0 Å². The predicted molar refractivity (Wildman–Crippen MR) is 81.1 cm³/mol. The highest BCUT2D eigenvalue weighted by Crippen LogP contribution is 2.29. The predicted octanol–water partition coefficient (Wildman–Crippen LogP) is 3.30. The highest BCUT2D eigenvalue weighted by atomic mass is 32.1. The molecule has 2 aromatic rings. The van der Waals surface area contributed by atoms with Crippen molar-refractivity contribution in [1.82, 2.24) is 9.88 Å². The molecular formula is C16H18N2OS. The molecule has 3 nitrogen and oxygen atoms in total. The Bertz CT molecular complexity index is 590. The molecule has 0 aliphatic heterocycles. The third-order valence-electron chi connectivity index (χ3n) is 3.67. The lowest BCUT2D eigenvalue weighted by Crippen LogP contribution is -2.35. The third kappa shape index (κ3) is 2.90. The Balaban J connectivity index is 1.73. The van der Waals surface area contributed by atoms with Gasteiger partial charge in [-0.3, -0.25) is 4.79 Å². The minimum Gasteiger partial charge on any atom is -0.335 e. The Morgan fingerprint density at radius 1 is 1.40 bits per heavy atom. The second-order valence-electron chi connectivity index (χ2n) is 5.22. The van der Waals surface area contributed by atoms with E-state index in [4.69, 9.17) is 0 Å². The molecule has 1 saturated carbocycles. The topological polar surface area (TPSA) is 33.2 Å². The number of carbonyl (C=O) groups excluding carboxylic acids is 1. The van der Waals surface area contributed by atoms with Crippen molar-refractivity contribution in [3.8, 4) is 0 Å². The zero-order valence-corrected chi connectivity index (χ0v) is 12.4. The first kappa shape index (κ1) is 13.3. The van der Waals surface area contributed by atoms with Crippen molar-refractivity contribution in [3.63, 3.8) is 0 Å². The minimum absolute atomic E-state index is 0.169. The molecule has 0 N–H and O–H groups in total. The van der Waals surface area contributed by atoms with Gasteiger partial charge >= 0.3 is 0 Å². The van der Waals surface area contributed by atoms with Gasteiger partial charge in [-0.25, -0.2) is 4.98 Å². The van der Waals surface area contributed by atoms with Gasteiger partial charge in [-0.15, -0.1) is 11.3 Å². The van der Waals surface area contributed by atoms with E-state index in [1.165, 1.54) is 0 Å². The highest BCUT2D eigenvalue weighted by Gasteiger charge is 2.33. The molecule has 1 aliphatic rings. The normalized spacial score (nSPS) is 14.2. The largest absolute Gasteiger partial charge is 0.335 e. The maximum absolute atomic E-state index is 12.7. The van der Waals surface area contributed by atoms with Crippen LogP contribution in [-0.2, 0) is 6.42 Å². The molecule has 3 rings (SSSR count). The summed E-state index contributed by atoms with van der Waals surface area (Å²) in [6, 6.07) is 8.27. The number of aromatic nitrogens is 1. The van der Waals surface area contributed by atoms with Crippen LogP contribution in [0.2, 0.25) is 0 Å². The molecule has 20 heavy (non-hydrogen) atoms. The van der Waals surface area contributed by atoms with Crippen LogP contribution in [0.25, 0.3) is 0 Å². The summed E-state index contributed by atoms with van der Waals surface area (Å²) in [5.41, 5.74) is 1.89. The first-order valence-corrected chi connectivity index (χ1v) is 7.88. The van der Waals surface area contributed by atoms with E-state index < -0.39 is 0 Å². The second kappa shape index (κ2) is 5.75. The Labute approximate surface area is 123 Å². The van der Waals surface area contributed by atoms with Gasteiger partial charge in [0.1, 0.15) is 0 Å².